The van der Waals surface area contributed by atoms with Crippen LogP contribution in [0.1, 0.15) is 26.3 Å². The largest absolute Gasteiger partial charge is 0.278 e. The van der Waals surface area contributed by atoms with E-state index in [2.05, 4.69) is 25.5 Å². The fourth-order valence-electron chi connectivity index (χ4n) is 2.75. The summed E-state index contributed by atoms with van der Waals surface area (Å²) in [5.41, 5.74) is 1.28. The van der Waals surface area contributed by atoms with Gasteiger partial charge in [-0.3, -0.25) is 4.72 Å². The second kappa shape index (κ2) is 6.76. The van der Waals surface area contributed by atoms with Gasteiger partial charge < -0.3 is 0 Å². The molecular weight excluding hydrogens is 389 g/mol. The van der Waals surface area contributed by atoms with Gasteiger partial charge in [-0.2, -0.15) is 0 Å². The summed E-state index contributed by atoms with van der Waals surface area (Å²) in [4.78, 5) is 0.122. The highest BCUT2D eigenvalue weighted by atomic mass is 35.5. The van der Waals surface area contributed by atoms with Crippen LogP contribution in [0.4, 0.5) is 5.69 Å². The predicted octanol–water partition coefficient (Wildman–Crippen LogP) is 6.24. The number of sulfonamides is 1. The fraction of sp³-hybridized carbons (Fsp3) is 0.200. The number of rotatable bonds is 3. The summed E-state index contributed by atoms with van der Waals surface area (Å²) < 4.78 is 28.5. The van der Waals surface area contributed by atoms with Crippen molar-refractivity contribution in [1.29, 1.82) is 0 Å². The molecule has 0 saturated heterocycles. The summed E-state index contributed by atoms with van der Waals surface area (Å²) in [5.74, 6) is 0. The molecule has 0 saturated carbocycles. The van der Waals surface area contributed by atoms with Crippen LogP contribution in [0.25, 0.3) is 10.8 Å². The molecule has 0 fully saturated rings. The van der Waals surface area contributed by atoms with Gasteiger partial charge in [-0.25, -0.2) is 8.42 Å². The Labute approximate surface area is 164 Å². The molecular formula is C20H19Cl2NO2S. The minimum Gasteiger partial charge on any atom is -0.278 e. The van der Waals surface area contributed by atoms with E-state index in [1.807, 2.05) is 18.2 Å². The number of fused-ring (bicyclic) bond motifs is 1. The van der Waals surface area contributed by atoms with Crippen LogP contribution in [0.2, 0.25) is 10.0 Å². The number of halogens is 2. The third-order valence-corrected chi connectivity index (χ3v) is 6.22. The molecule has 0 aliphatic heterocycles. The van der Waals surface area contributed by atoms with Crippen molar-refractivity contribution in [3.63, 3.8) is 0 Å². The van der Waals surface area contributed by atoms with E-state index >= 15 is 0 Å². The van der Waals surface area contributed by atoms with E-state index in [1.165, 1.54) is 6.07 Å². The smallest absolute Gasteiger partial charge is 0.262 e. The van der Waals surface area contributed by atoms with Crippen LogP contribution in [0.3, 0.4) is 0 Å². The quantitative estimate of drug-likeness (QED) is 0.557. The fourth-order valence-corrected chi connectivity index (χ4v) is 4.71. The van der Waals surface area contributed by atoms with Crippen molar-refractivity contribution in [3.8, 4) is 0 Å². The Kier molecular flexibility index (Phi) is 4.95. The van der Waals surface area contributed by atoms with Crippen LogP contribution in [0.15, 0.2) is 59.5 Å². The predicted molar refractivity (Wildman–Crippen MR) is 110 cm³/mol. The highest BCUT2D eigenvalue weighted by Crippen LogP contribution is 2.34. The Hall–Kier alpha value is -1.75. The molecule has 3 rings (SSSR count). The van der Waals surface area contributed by atoms with E-state index in [0.29, 0.717) is 21.1 Å². The summed E-state index contributed by atoms with van der Waals surface area (Å²) in [7, 11) is -3.85. The van der Waals surface area contributed by atoms with E-state index in [1.54, 1.807) is 30.3 Å². The minimum absolute atomic E-state index is 0.0792. The zero-order valence-corrected chi connectivity index (χ0v) is 17.0. The summed E-state index contributed by atoms with van der Waals surface area (Å²) >= 11 is 12.6. The van der Waals surface area contributed by atoms with Crippen LogP contribution < -0.4 is 4.72 Å². The van der Waals surface area contributed by atoms with E-state index in [4.69, 9.17) is 23.2 Å². The highest BCUT2D eigenvalue weighted by Gasteiger charge is 2.21. The number of anilines is 1. The lowest BCUT2D eigenvalue weighted by Crippen LogP contribution is -2.15. The molecule has 136 valence electrons. The van der Waals surface area contributed by atoms with Gasteiger partial charge in [0, 0.05) is 10.4 Å². The SMILES string of the molecule is CC(C)(C)c1ccc(NS(=O)(=O)c2cccc3cccc(Cl)c23)c(Cl)c1. The van der Waals surface area contributed by atoms with Crippen molar-refractivity contribution in [2.75, 3.05) is 4.72 Å². The van der Waals surface area contributed by atoms with Crippen molar-refractivity contribution in [2.45, 2.75) is 31.1 Å². The molecule has 0 atom stereocenters. The van der Waals surface area contributed by atoms with Crippen molar-refractivity contribution >= 4 is 49.7 Å². The molecule has 0 unspecified atom stereocenters. The standard InChI is InChI=1S/C20H19Cl2NO2S/c1-20(2,3)14-10-11-17(16(22)12-14)23-26(24,25)18-9-5-7-13-6-4-8-15(21)19(13)18/h4-12,23H,1-3H3. The number of hydrogen-bond donors (Lipinski definition) is 1. The zero-order valence-electron chi connectivity index (χ0n) is 14.7. The van der Waals surface area contributed by atoms with Crippen molar-refractivity contribution in [3.05, 3.63) is 70.2 Å². The van der Waals surface area contributed by atoms with Gasteiger partial charge in [0.05, 0.1) is 15.6 Å². The molecule has 3 aromatic carbocycles. The average molecular weight is 408 g/mol. The molecule has 6 heteroatoms. The van der Waals surface area contributed by atoms with Gasteiger partial charge >= 0.3 is 0 Å². The molecule has 0 aliphatic carbocycles. The van der Waals surface area contributed by atoms with Crippen LogP contribution in [0, 0.1) is 0 Å². The van der Waals surface area contributed by atoms with Crippen molar-refractivity contribution in [1.82, 2.24) is 0 Å². The van der Waals surface area contributed by atoms with E-state index < -0.39 is 10.0 Å². The average Bonchev–Trinajstić information content (AvgIpc) is 2.55. The normalized spacial score (nSPS) is 12.3. The summed E-state index contributed by atoms with van der Waals surface area (Å²) in [6, 6.07) is 15.7. The lowest BCUT2D eigenvalue weighted by molar-refractivity contribution is 0.590. The monoisotopic (exact) mass is 407 g/mol. The number of hydrogen-bond acceptors (Lipinski definition) is 2. The van der Waals surface area contributed by atoms with Gasteiger partial charge in [0.25, 0.3) is 10.0 Å². The maximum absolute atomic E-state index is 13.0. The molecule has 0 amide bonds. The lowest BCUT2D eigenvalue weighted by Gasteiger charge is -2.20. The molecule has 3 aromatic rings. The maximum Gasteiger partial charge on any atom is 0.262 e. The van der Waals surface area contributed by atoms with Crippen LogP contribution in [-0.2, 0) is 15.4 Å². The van der Waals surface area contributed by atoms with E-state index in [-0.39, 0.29) is 10.3 Å². The second-order valence-electron chi connectivity index (χ2n) is 7.14. The van der Waals surface area contributed by atoms with E-state index in [9.17, 15) is 8.42 Å². The van der Waals surface area contributed by atoms with Crippen LogP contribution in [0.5, 0.6) is 0 Å². The minimum atomic E-state index is -3.85. The van der Waals surface area contributed by atoms with Gasteiger partial charge in [0.15, 0.2) is 0 Å². The Morgan fingerprint density at radius 2 is 1.54 bits per heavy atom. The van der Waals surface area contributed by atoms with Gasteiger partial charge in [-0.15, -0.1) is 0 Å². The first kappa shape index (κ1) is 19.0. The maximum atomic E-state index is 13.0. The van der Waals surface area contributed by atoms with Crippen LogP contribution >= 0.6 is 23.2 Å². The molecule has 1 N–H and O–H groups in total. The summed E-state index contributed by atoms with van der Waals surface area (Å²) in [5, 5.41) is 1.99. The van der Waals surface area contributed by atoms with Gasteiger partial charge in [0.1, 0.15) is 0 Å². The van der Waals surface area contributed by atoms with Crippen molar-refractivity contribution < 1.29 is 8.42 Å². The Balaban J connectivity index is 2.06. The van der Waals surface area contributed by atoms with Gasteiger partial charge in [0.2, 0.25) is 0 Å². The molecule has 0 radical (unpaired) electrons. The number of benzene rings is 3. The molecule has 26 heavy (non-hydrogen) atoms. The first-order chi connectivity index (χ1) is 12.1. The topological polar surface area (TPSA) is 46.2 Å². The van der Waals surface area contributed by atoms with E-state index in [0.717, 1.165) is 10.9 Å². The summed E-state index contributed by atoms with van der Waals surface area (Å²) in [6.07, 6.45) is 0. The molecule has 3 nitrogen and oxygen atoms in total. The molecule has 0 bridgehead atoms. The van der Waals surface area contributed by atoms with Gasteiger partial charge in [-0.05, 0) is 40.6 Å². The van der Waals surface area contributed by atoms with Crippen LogP contribution in [-0.4, -0.2) is 8.42 Å². The molecule has 0 heterocycles. The lowest BCUT2D eigenvalue weighted by atomic mass is 9.87. The molecule has 0 aromatic heterocycles. The Morgan fingerprint density at radius 1 is 0.885 bits per heavy atom. The number of nitrogens with one attached hydrogen (secondary N) is 1. The Morgan fingerprint density at radius 3 is 2.15 bits per heavy atom. The molecule has 0 aliphatic rings. The third-order valence-electron chi connectivity index (χ3n) is 4.18. The van der Waals surface area contributed by atoms with Crippen molar-refractivity contribution in [2.24, 2.45) is 0 Å². The summed E-state index contributed by atoms with van der Waals surface area (Å²) in [6.45, 7) is 6.21. The third kappa shape index (κ3) is 3.68. The first-order valence-electron chi connectivity index (χ1n) is 8.10. The highest BCUT2D eigenvalue weighted by molar-refractivity contribution is 7.93. The Bertz CT molecular complexity index is 1080. The van der Waals surface area contributed by atoms with Gasteiger partial charge in [-0.1, -0.05) is 74.3 Å². The second-order valence-corrected chi connectivity index (χ2v) is 9.61. The molecule has 0 spiro atoms. The first-order valence-corrected chi connectivity index (χ1v) is 10.3. The zero-order chi connectivity index (χ0) is 19.1.